The molecular weight excluding hydrogens is 461 g/mol. The second-order valence-corrected chi connectivity index (χ2v) is 9.65. The van der Waals surface area contributed by atoms with Crippen LogP contribution in [0.1, 0.15) is 18.4 Å². The van der Waals surface area contributed by atoms with Gasteiger partial charge in [0, 0.05) is 16.6 Å². The fourth-order valence-electron chi connectivity index (χ4n) is 6.09. The molecule has 0 aromatic heterocycles. The molecule has 6 rings (SSSR count). The van der Waals surface area contributed by atoms with Gasteiger partial charge >= 0.3 is 0 Å². The van der Waals surface area contributed by atoms with E-state index in [-0.39, 0.29) is 28.6 Å². The number of carbonyl (C=O) groups excluding carboxylic acids is 3. The maximum Gasteiger partial charge on any atom is 0.250 e. The van der Waals surface area contributed by atoms with Gasteiger partial charge in [-0.2, -0.15) is 0 Å². The number of anilines is 2. The van der Waals surface area contributed by atoms with Crippen LogP contribution in [0.3, 0.4) is 0 Å². The van der Waals surface area contributed by atoms with Crippen molar-refractivity contribution in [3.8, 4) is 0 Å². The minimum Gasteiger partial charge on any atom is -0.323 e. The molecule has 4 aliphatic rings. The molecule has 0 unspecified atom stereocenters. The zero-order chi connectivity index (χ0) is 21.7. The lowest BCUT2D eigenvalue weighted by Crippen LogP contribution is -2.54. The molecule has 6 nitrogen and oxygen atoms in total. The molecule has 31 heavy (non-hydrogen) atoms. The molecule has 0 bridgehead atoms. The van der Waals surface area contributed by atoms with Crippen molar-refractivity contribution >= 4 is 63.9 Å². The van der Waals surface area contributed by atoms with Crippen molar-refractivity contribution in [1.29, 1.82) is 0 Å². The van der Waals surface area contributed by atoms with Crippen LogP contribution >= 0.6 is 34.8 Å². The number of nitrogens with zero attached hydrogens (tertiary/aromatic N) is 2. The number of hydrogen-bond donors (Lipinski definition) is 1. The van der Waals surface area contributed by atoms with Gasteiger partial charge in [0.25, 0.3) is 5.91 Å². The highest BCUT2D eigenvalue weighted by atomic mass is 35.5. The molecule has 2 aromatic carbocycles. The summed E-state index contributed by atoms with van der Waals surface area (Å²) in [4.78, 5) is 44.2. The monoisotopic (exact) mass is 475 g/mol. The summed E-state index contributed by atoms with van der Waals surface area (Å²) in [7, 11) is 0. The molecule has 4 atom stereocenters. The van der Waals surface area contributed by atoms with Crippen molar-refractivity contribution in [2.45, 2.75) is 24.4 Å². The molecule has 3 fully saturated rings. The minimum atomic E-state index is -1.27. The van der Waals surface area contributed by atoms with E-state index in [4.69, 9.17) is 34.8 Å². The quantitative estimate of drug-likeness (QED) is 0.630. The predicted molar refractivity (Wildman–Crippen MR) is 117 cm³/mol. The van der Waals surface area contributed by atoms with Gasteiger partial charge < -0.3 is 5.32 Å². The van der Waals surface area contributed by atoms with E-state index in [9.17, 15) is 14.4 Å². The third-order valence-corrected chi connectivity index (χ3v) is 8.00. The highest BCUT2D eigenvalue weighted by Crippen LogP contribution is 2.61. The van der Waals surface area contributed by atoms with Gasteiger partial charge in [-0.3, -0.25) is 19.3 Å². The number of rotatable bonds is 1. The summed E-state index contributed by atoms with van der Waals surface area (Å²) in [6.45, 7) is 0.634. The van der Waals surface area contributed by atoms with Gasteiger partial charge in [0.1, 0.15) is 5.54 Å². The van der Waals surface area contributed by atoms with E-state index in [1.165, 1.54) is 6.07 Å². The van der Waals surface area contributed by atoms with Crippen molar-refractivity contribution in [2.24, 2.45) is 11.8 Å². The Balaban J connectivity index is 1.58. The van der Waals surface area contributed by atoms with Crippen LogP contribution in [0.5, 0.6) is 0 Å². The van der Waals surface area contributed by atoms with Crippen LogP contribution < -0.4 is 10.2 Å². The number of para-hydroxylation sites is 1. The van der Waals surface area contributed by atoms with Gasteiger partial charge in [0.05, 0.1) is 33.3 Å². The van der Waals surface area contributed by atoms with Gasteiger partial charge in [-0.1, -0.05) is 46.9 Å². The van der Waals surface area contributed by atoms with E-state index in [2.05, 4.69) is 5.32 Å². The Bertz CT molecular complexity index is 1200. The number of halogens is 3. The Morgan fingerprint density at radius 3 is 2.61 bits per heavy atom. The first-order valence-corrected chi connectivity index (χ1v) is 11.2. The first-order chi connectivity index (χ1) is 14.9. The minimum absolute atomic E-state index is 0.208. The Hall–Kier alpha value is -2.12. The second-order valence-electron chi connectivity index (χ2n) is 8.40. The zero-order valence-electron chi connectivity index (χ0n) is 16.1. The summed E-state index contributed by atoms with van der Waals surface area (Å²) in [6, 6.07) is 9.76. The lowest BCUT2D eigenvalue weighted by atomic mass is 9.75. The average molecular weight is 477 g/mol. The molecule has 0 radical (unpaired) electrons. The van der Waals surface area contributed by atoms with E-state index in [1.807, 2.05) is 11.0 Å². The highest BCUT2D eigenvalue weighted by molar-refractivity contribution is 6.38. The molecule has 158 valence electrons. The number of benzene rings is 2. The van der Waals surface area contributed by atoms with Gasteiger partial charge in [0.2, 0.25) is 11.8 Å². The molecule has 3 saturated heterocycles. The van der Waals surface area contributed by atoms with Crippen LogP contribution in [-0.4, -0.2) is 35.2 Å². The molecule has 4 aliphatic heterocycles. The van der Waals surface area contributed by atoms with E-state index >= 15 is 0 Å². The molecule has 2 aromatic rings. The van der Waals surface area contributed by atoms with Gasteiger partial charge in [-0.15, -0.1) is 0 Å². The Morgan fingerprint density at radius 2 is 1.81 bits per heavy atom. The summed E-state index contributed by atoms with van der Waals surface area (Å²) in [5, 5.41) is 3.92. The van der Waals surface area contributed by atoms with Crippen molar-refractivity contribution in [1.82, 2.24) is 4.90 Å². The van der Waals surface area contributed by atoms with Crippen LogP contribution in [0.15, 0.2) is 36.4 Å². The van der Waals surface area contributed by atoms with Gasteiger partial charge in [-0.25, -0.2) is 4.90 Å². The SMILES string of the molecule is O=C1[C@H]2[C@@H](C(=O)N1c1cc(Cl)ccc1Cl)[C@@]1(C(=O)Nc3c(Cl)cccc31)N1CCC[C@@H]21. The van der Waals surface area contributed by atoms with E-state index < -0.39 is 23.3 Å². The third kappa shape index (κ3) is 2.26. The molecular formula is C22H16Cl3N3O3. The van der Waals surface area contributed by atoms with Crippen molar-refractivity contribution < 1.29 is 14.4 Å². The van der Waals surface area contributed by atoms with Crippen molar-refractivity contribution in [2.75, 3.05) is 16.8 Å². The normalized spacial score (nSPS) is 31.4. The molecule has 1 spiro atoms. The fraction of sp³-hybridized carbons (Fsp3) is 0.318. The maximum atomic E-state index is 13.9. The standard InChI is InChI=1S/C22H16Cl3N3O3/c23-10-6-7-12(24)15(9-10)28-19(29)16-14-5-2-8-27(14)22(17(16)20(28)30)11-3-1-4-13(25)18(11)26-21(22)31/h1,3-4,6-7,9,14,16-17H,2,5,8H2,(H,26,31)/t14-,16+,17-,22-/m0/s1. The summed E-state index contributed by atoms with van der Waals surface area (Å²) in [5.41, 5.74) is 0.158. The van der Waals surface area contributed by atoms with Crippen molar-refractivity contribution in [3.63, 3.8) is 0 Å². The molecule has 9 heteroatoms. The van der Waals surface area contributed by atoms with Crippen LogP contribution in [0.2, 0.25) is 15.1 Å². The largest absolute Gasteiger partial charge is 0.323 e. The van der Waals surface area contributed by atoms with Crippen LogP contribution in [-0.2, 0) is 19.9 Å². The summed E-state index contributed by atoms with van der Waals surface area (Å²) in [5.74, 6) is -2.58. The van der Waals surface area contributed by atoms with E-state index in [0.717, 1.165) is 17.7 Å². The molecule has 0 saturated carbocycles. The average Bonchev–Trinajstić information content (AvgIpc) is 3.44. The molecule has 3 amide bonds. The number of hydrogen-bond acceptors (Lipinski definition) is 4. The first kappa shape index (κ1) is 19.6. The summed E-state index contributed by atoms with van der Waals surface area (Å²) < 4.78 is 0. The lowest BCUT2D eigenvalue weighted by molar-refractivity contribution is -0.135. The number of fused-ring (bicyclic) bond motifs is 7. The topological polar surface area (TPSA) is 69.7 Å². The molecule has 1 N–H and O–H groups in total. The van der Waals surface area contributed by atoms with Crippen LogP contribution in [0.4, 0.5) is 11.4 Å². The van der Waals surface area contributed by atoms with E-state index in [1.54, 1.807) is 24.3 Å². The zero-order valence-corrected chi connectivity index (χ0v) is 18.3. The Morgan fingerprint density at radius 1 is 1.00 bits per heavy atom. The lowest BCUT2D eigenvalue weighted by Gasteiger charge is -2.36. The number of imide groups is 1. The Kier molecular flexibility index (Phi) is 4.07. The third-order valence-electron chi connectivity index (χ3n) is 7.13. The highest BCUT2D eigenvalue weighted by Gasteiger charge is 2.74. The molecule has 0 aliphatic carbocycles. The predicted octanol–water partition coefficient (Wildman–Crippen LogP) is 4.08. The van der Waals surface area contributed by atoms with Gasteiger partial charge in [-0.05, 0) is 43.7 Å². The smallest absolute Gasteiger partial charge is 0.250 e. The maximum absolute atomic E-state index is 13.9. The summed E-state index contributed by atoms with van der Waals surface area (Å²) in [6.07, 6.45) is 1.58. The summed E-state index contributed by atoms with van der Waals surface area (Å²) >= 11 is 18.9. The number of amides is 3. The number of nitrogens with one attached hydrogen (secondary N) is 1. The van der Waals surface area contributed by atoms with Gasteiger partial charge in [0.15, 0.2) is 0 Å². The van der Waals surface area contributed by atoms with Crippen LogP contribution in [0, 0.1) is 11.8 Å². The van der Waals surface area contributed by atoms with Crippen molar-refractivity contribution in [3.05, 3.63) is 57.0 Å². The van der Waals surface area contributed by atoms with Crippen LogP contribution in [0.25, 0.3) is 0 Å². The van der Waals surface area contributed by atoms with E-state index in [0.29, 0.717) is 27.8 Å². The Labute approximate surface area is 193 Å². The number of carbonyl (C=O) groups is 3. The first-order valence-electron chi connectivity index (χ1n) is 10.1. The second kappa shape index (κ2) is 6.45. The molecule has 4 heterocycles. The fourth-order valence-corrected chi connectivity index (χ4v) is 6.68.